The quantitative estimate of drug-likeness (QED) is 0.207. The van der Waals surface area contributed by atoms with Crippen molar-refractivity contribution in [2.45, 2.75) is 46.3 Å². The van der Waals surface area contributed by atoms with Crippen molar-refractivity contribution in [3.8, 4) is 0 Å². The molecule has 2 unspecified atom stereocenters. The van der Waals surface area contributed by atoms with Gasteiger partial charge in [-0.15, -0.1) is 0 Å². The van der Waals surface area contributed by atoms with Gasteiger partial charge in [0.15, 0.2) is 0 Å². The van der Waals surface area contributed by atoms with Gasteiger partial charge in [-0.1, -0.05) is 34.3 Å². The molecule has 28 heavy (non-hydrogen) atoms. The second kappa shape index (κ2) is 13.6. The van der Waals surface area contributed by atoms with Crippen LogP contribution in [0.2, 0.25) is 0 Å². The summed E-state index contributed by atoms with van der Waals surface area (Å²) in [6.07, 6.45) is 2.24. The maximum Gasteiger partial charge on any atom is 0.376 e. The van der Waals surface area contributed by atoms with Gasteiger partial charge in [0.05, 0.1) is 14.2 Å². The third kappa shape index (κ3) is 8.87. The summed E-state index contributed by atoms with van der Waals surface area (Å²) in [5.41, 5.74) is 0. The molecular weight excluding hydrogens is 376 g/mol. The average molecular weight is 404 g/mol. The Bertz CT molecular complexity index is 577. The molecule has 2 atom stereocenters. The van der Waals surface area contributed by atoms with Crippen LogP contribution >= 0.6 is 0 Å². The highest BCUT2D eigenvalue weighted by Gasteiger charge is 2.61. The molecule has 1 fully saturated rings. The van der Waals surface area contributed by atoms with Gasteiger partial charge in [-0.2, -0.15) is 9.78 Å². The number of carboxylic acids is 1. The van der Waals surface area contributed by atoms with Crippen molar-refractivity contribution >= 4 is 29.5 Å². The van der Waals surface area contributed by atoms with Gasteiger partial charge < -0.3 is 14.6 Å². The topological polar surface area (TPSA) is 149 Å². The fraction of sp³-hybridized carbons (Fsp3) is 0.611. The van der Waals surface area contributed by atoms with E-state index < -0.39 is 35.3 Å². The molecule has 0 bridgehead atoms. The number of ketones is 2. The van der Waals surface area contributed by atoms with E-state index in [-0.39, 0.29) is 11.8 Å². The zero-order chi connectivity index (χ0) is 22.5. The summed E-state index contributed by atoms with van der Waals surface area (Å²) in [4.78, 5) is 61.0. The summed E-state index contributed by atoms with van der Waals surface area (Å²) in [6.45, 7) is 10.3. The minimum atomic E-state index is -1.46. The van der Waals surface area contributed by atoms with E-state index in [2.05, 4.69) is 25.8 Å². The molecule has 1 saturated heterocycles. The minimum absolute atomic E-state index is 0.0370. The van der Waals surface area contributed by atoms with Crippen LogP contribution in [0.25, 0.3) is 0 Å². The van der Waals surface area contributed by atoms with Crippen LogP contribution in [-0.4, -0.2) is 54.6 Å². The van der Waals surface area contributed by atoms with Gasteiger partial charge in [-0.05, 0) is 18.9 Å². The highest BCUT2D eigenvalue weighted by atomic mass is 17.4. The Morgan fingerprint density at radius 2 is 1.54 bits per heavy atom. The molecule has 1 N–H and O–H groups in total. The molecule has 0 aromatic carbocycles. The molecule has 0 aliphatic carbocycles. The van der Waals surface area contributed by atoms with E-state index in [1.807, 2.05) is 20.8 Å². The van der Waals surface area contributed by atoms with Crippen LogP contribution < -0.4 is 0 Å². The molecule has 0 aromatic rings. The number of hydrogen-bond acceptors (Lipinski definition) is 9. The normalized spacial score (nSPS) is 15.1. The molecular formula is C18H28O10. The van der Waals surface area contributed by atoms with E-state index in [4.69, 9.17) is 5.11 Å². The number of ether oxygens (including phenoxy) is 2. The Labute approximate surface area is 163 Å². The summed E-state index contributed by atoms with van der Waals surface area (Å²) in [5.74, 6) is -5.34. The van der Waals surface area contributed by atoms with Crippen molar-refractivity contribution in [3.05, 3.63) is 12.7 Å². The largest absolute Gasteiger partial charge is 0.475 e. The van der Waals surface area contributed by atoms with Crippen molar-refractivity contribution in [2.75, 3.05) is 14.2 Å². The SMILES string of the molecule is C=CC(=O)C(=O)O.CCC(C)C(=O)C(=O)OC.CCC(C)C1(C(=O)OC)OO1. The molecule has 0 saturated carbocycles. The average Bonchev–Trinajstić information content (AvgIpc) is 3.52. The van der Waals surface area contributed by atoms with E-state index >= 15 is 0 Å². The zero-order valence-corrected chi connectivity index (χ0v) is 17.0. The van der Waals surface area contributed by atoms with Gasteiger partial charge in [0, 0.05) is 11.8 Å². The maximum absolute atomic E-state index is 11.0. The molecule has 160 valence electrons. The lowest BCUT2D eigenvalue weighted by molar-refractivity contribution is -0.153. The van der Waals surface area contributed by atoms with E-state index in [1.54, 1.807) is 6.92 Å². The van der Waals surface area contributed by atoms with Crippen LogP contribution in [0.15, 0.2) is 12.7 Å². The summed E-state index contributed by atoms with van der Waals surface area (Å²) >= 11 is 0. The van der Waals surface area contributed by atoms with Gasteiger partial charge in [0.1, 0.15) is 0 Å². The third-order valence-corrected chi connectivity index (χ3v) is 3.84. The summed E-state index contributed by atoms with van der Waals surface area (Å²) in [6, 6.07) is 0. The highest BCUT2D eigenvalue weighted by Crippen LogP contribution is 2.39. The first kappa shape index (κ1) is 27.6. The molecule has 0 amide bonds. The summed E-state index contributed by atoms with van der Waals surface area (Å²) in [7, 11) is 2.53. The molecule has 1 rings (SSSR count). The van der Waals surface area contributed by atoms with Crippen molar-refractivity contribution < 1.29 is 48.3 Å². The Morgan fingerprint density at radius 3 is 1.75 bits per heavy atom. The fourth-order valence-electron chi connectivity index (χ4n) is 1.46. The second-order valence-electron chi connectivity index (χ2n) is 5.67. The fourth-order valence-corrected chi connectivity index (χ4v) is 1.46. The van der Waals surface area contributed by atoms with Crippen molar-refractivity contribution in [1.29, 1.82) is 0 Å². The number of carbonyl (C=O) groups excluding carboxylic acids is 4. The molecule has 0 radical (unpaired) electrons. The molecule has 0 aromatic heterocycles. The van der Waals surface area contributed by atoms with E-state index in [1.165, 1.54) is 14.2 Å². The van der Waals surface area contributed by atoms with E-state index in [9.17, 15) is 24.0 Å². The first-order chi connectivity index (χ1) is 13.0. The van der Waals surface area contributed by atoms with Crippen LogP contribution in [0, 0.1) is 11.8 Å². The molecule has 1 aliphatic heterocycles. The Hall–Kier alpha value is -2.59. The lowest BCUT2D eigenvalue weighted by Gasteiger charge is -2.10. The predicted octanol–water partition coefficient (Wildman–Crippen LogP) is 1.46. The van der Waals surface area contributed by atoms with E-state index in [0.29, 0.717) is 6.42 Å². The Balaban J connectivity index is 0. The first-order valence-corrected chi connectivity index (χ1v) is 8.45. The summed E-state index contributed by atoms with van der Waals surface area (Å²) < 4.78 is 8.76. The third-order valence-electron chi connectivity index (χ3n) is 3.84. The first-order valence-electron chi connectivity index (χ1n) is 8.45. The Morgan fingerprint density at radius 1 is 1.04 bits per heavy atom. The molecule has 10 heteroatoms. The highest BCUT2D eigenvalue weighted by molar-refractivity contribution is 6.37. The van der Waals surface area contributed by atoms with Crippen molar-refractivity contribution in [2.24, 2.45) is 11.8 Å². The number of aliphatic carboxylic acids is 1. The van der Waals surface area contributed by atoms with Gasteiger partial charge in [0.2, 0.25) is 5.78 Å². The monoisotopic (exact) mass is 404 g/mol. The predicted molar refractivity (Wildman–Crippen MR) is 95.7 cm³/mol. The van der Waals surface area contributed by atoms with Crippen LogP contribution in [0.5, 0.6) is 0 Å². The maximum atomic E-state index is 11.0. The number of carboxylic acid groups (broad SMARTS) is 1. The van der Waals surface area contributed by atoms with Crippen molar-refractivity contribution in [3.63, 3.8) is 0 Å². The number of esters is 2. The van der Waals surface area contributed by atoms with Crippen molar-refractivity contribution in [1.82, 2.24) is 0 Å². The number of hydrogen-bond donors (Lipinski definition) is 1. The lowest BCUT2D eigenvalue weighted by atomic mass is 10.00. The molecule has 1 heterocycles. The van der Waals surface area contributed by atoms with Crippen LogP contribution in [0.4, 0.5) is 0 Å². The zero-order valence-electron chi connectivity index (χ0n) is 17.0. The van der Waals surface area contributed by atoms with Crippen LogP contribution in [0.1, 0.15) is 40.5 Å². The lowest BCUT2D eigenvalue weighted by Crippen LogP contribution is -2.32. The van der Waals surface area contributed by atoms with Crippen LogP contribution in [0.3, 0.4) is 0 Å². The standard InChI is InChI=1S/C7H12O4.C7H12O3.C4H4O3/c1-4-5(2)7(10-11-7)6(8)9-3;1-4-5(2)6(8)7(9)10-3;1-2-3(5)4(6)7/h5H,4H2,1-3H3;5H,4H2,1-3H3;2H,1H2,(H,6,7). The van der Waals surface area contributed by atoms with E-state index in [0.717, 1.165) is 12.5 Å². The molecule has 0 spiro atoms. The van der Waals surface area contributed by atoms with Gasteiger partial charge >= 0.3 is 23.7 Å². The van der Waals surface area contributed by atoms with Gasteiger partial charge in [-0.25, -0.2) is 14.4 Å². The van der Waals surface area contributed by atoms with Gasteiger partial charge in [-0.3, -0.25) is 9.59 Å². The number of Topliss-reactive ketones (excluding diaryl/α,β-unsaturated/α-hetero) is 1. The number of rotatable bonds is 8. The number of methoxy groups -OCH3 is 2. The molecule has 1 aliphatic rings. The number of carbonyl (C=O) groups is 5. The van der Waals surface area contributed by atoms with Crippen LogP contribution in [-0.2, 0) is 43.2 Å². The molecule has 10 nitrogen and oxygen atoms in total. The second-order valence-corrected chi connectivity index (χ2v) is 5.67. The van der Waals surface area contributed by atoms with Gasteiger partial charge in [0.25, 0.3) is 5.78 Å². The minimum Gasteiger partial charge on any atom is -0.475 e. The Kier molecular flexibility index (Phi) is 13.4. The smallest absolute Gasteiger partial charge is 0.376 e. The summed E-state index contributed by atoms with van der Waals surface area (Å²) in [5, 5.41) is 7.76.